The molecule has 1 aromatic rings. The van der Waals surface area contributed by atoms with Crippen molar-refractivity contribution in [3.05, 3.63) is 22.4 Å². The van der Waals surface area contributed by atoms with E-state index >= 15 is 0 Å². The molecule has 6 heteroatoms. The van der Waals surface area contributed by atoms with Gasteiger partial charge in [0.2, 0.25) is 0 Å². The van der Waals surface area contributed by atoms with Crippen molar-refractivity contribution in [2.45, 2.75) is 52.6 Å². The first-order chi connectivity index (χ1) is 9.56. The van der Waals surface area contributed by atoms with Gasteiger partial charge in [-0.1, -0.05) is 13.8 Å². The molecule has 0 aliphatic rings. The molecule has 0 aliphatic carbocycles. The number of carboxylic acids is 1. The Morgan fingerprint density at radius 3 is 2.38 bits per heavy atom. The number of carboxylic acid groups (broad SMARTS) is 1. The van der Waals surface area contributed by atoms with Crippen LogP contribution in [0.2, 0.25) is 0 Å². The van der Waals surface area contributed by atoms with Crippen LogP contribution in [0.3, 0.4) is 0 Å². The quantitative estimate of drug-likeness (QED) is 0.817. The molecule has 1 atom stereocenters. The average molecular weight is 359 g/mol. The minimum atomic E-state index is -0.924. The molecule has 1 amide bonds. The van der Waals surface area contributed by atoms with Crippen molar-refractivity contribution in [2.75, 3.05) is 0 Å². The lowest BCUT2D eigenvalue weighted by atomic mass is 9.85. The average Bonchev–Trinajstić information content (AvgIpc) is 2.70. The Bertz CT molecular complexity index is 537. The van der Waals surface area contributed by atoms with Crippen LogP contribution in [0, 0.1) is 5.92 Å². The van der Waals surface area contributed by atoms with Crippen LogP contribution < -0.4 is 5.32 Å². The van der Waals surface area contributed by atoms with Crippen LogP contribution in [-0.2, 0) is 4.79 Å². The predicted octanol–water partition coefficient (Wildman–Crippen LogP) is 3.45. The number of hydrogen-bond donors (Lipinski definition) is 2. The number of nitrogens with one attached hydrogen (secondary N) is 1. The summed E-state index contributed by atoms with van der Waals surface area (Å²) in [5, 5.41) is 12.0. The number of rotatable bonds is 6. The lowest BCUT2D eigenvalue weighted by Crippen LogP contribution is -2.51. The largest absolute Gasteiger partial charge is 0.481 e. The highest BCUT2D eigenvalue weighted by Gasteiger charge is 2.33. The molecule has 0 aliphatic heterocycles. The second kappa shape index (κ2) is 6.64. The van der Waals surface area contributed by atoms with Gasteiger partial charge in [0.25, 0.3) is 5.91 Å². The number of aliphatic carboxylic acids is 1. The summed E-state index contributed by atoms with van der Waals surface area (Å²) in [5.74, 6) is -1.18. The van der Waals surface area contributed by atoms with Gasteiger partial charge in [0, 0.05) is 16.7 Å². The van der Waals surface area contributed by atoms with Gasteiger partial charge in [-0.05, 0) is 48.7 Å². The molecule has 1 aromatic heterocycles. The number of carbonyl (C=O) groups is 2. The van der Waals surface area contributed by atoms with E-state index in [1.807, 2.05) is 38.5 Å². The fraction of sp³-hybridized carbons (Fsp3) is 0.600. The van der Waals surface area contributed by atoms with Crippen molar-refractivity contribution in [3.8, 4) is 0 Å². The van der Waals surface area contributed by atoms with Crippen molar-refractivity contribution in [1.29, 1.82) is 0 Å². The molecule has 0 spiro atoms. The van der Waals surface area contributed by atoms with E-state index in [1.165, 1.54) is 0 Å². The predicted molar refractivity (Wildman–Crippen MR) is 85.5 cm³/mol. The van der Waals surface area contributed by atoms with Gasteiger partial charge in [-0.3, -0.25) is 9.59 Å². The van der Waals surface area contributed by atoms with E-state index in [0.717, 1.165) is 4.47 Å². The normalized spacial score (nSPS) is 14.3. The summed E-state index contributed by atoms with van der Waals surface area (Å²) in [6, 6.07) is 1.89. The highest BCUT2D eigenvalue weighted by molar-refractivity contribution is 9.10. The first-order valence-corrected chi connectivity index (χ1v) is 7.78. The Labute approximate surface area is 133 Å². The zero-order valence-corrected chi connectivity index (χ0v) is 14.7. The standard InChI is InChI=1S/C15H23BrN2O3/c1-9(2)15(5,7-13(19)20)17-14(21)12-6-11(16)8-18(12)10(3)4/h6,8-10H,7H2,1-5H3,(H,17,21)(H,19,20). The third kappa shape index (κ3) is 4.33. The number of aromatic nitrogens is 1. The topological polar surface area (TPSA) is 71.3 Å². The van der Waals surface area contributed by atoms with Crippen LogP contribution in [0.4, 0.5) is 0 Å². The maximum absolute atomic E-state index is 12.5. The SMILES string of the molecule is CC(C)n1cc(Br)cc1C(=O)NC(C)(CC(=O)O)C(C)C. The Balaban J connectivity index is 3.05. The maximum Gasteiger partial charge on any atom is 0.305 e. The van der Waals surface area contributed by atoms with E-state index in [0.29, 0.717) is 5.69 Å². The molecule has 21 heavy (non-hydrogen) atoms. The summed E-state index contributed by atoms with van der Waals surface area (Å²) >= 11 is 3.37. The summed E-state index contributed by atoms with van der Waals surface area (Å²) in [4.78, 5) is 23.6. The lowest BCUT2D eigenvalue weighted by molar-refractivity contribution is -0.138. The summed E-state index contributed by atoms with van der Waals surface area (Å²) < 4.78 is 2.69. The van der Waals surface area contributed by atoms with Crippen molar-refractivity contribution < 1.29 is 14.7 Å². The zero-order chi connectivity index (χ0) is 16.4. The molecule has 0 saturated carbocycles. The number of halogens is 1. The van der Waals surface area contributed by atoms with Crippen LogP contribution in [0.25, 0.3) is 0 Å². The van der Waals surface area contributed by atoms with Crippen LogP contribution in [0.5, 0.6) is 0 Å². The Morgan fingerprint density at radius 2 is 1.95 bits per heavy atom. The van der Waals surface area contributed by atoms with Crippen LogP contribution in [0.1, 0.15) is 57.6 Å². The van der Waals surface area contributed by atoms with Gasteiger partial charge in [-0.15, -0.1) is 0 Å². The molecule has 0 fully saturated rings. The van der Waals surface area contributed by atoms with E-state index in [-0.39, 0.29) is 24.3 Å². The highest BCUT2D eigenvalue weighted by Crippen LogP contribution is 2.24. The fourth-order valence-corrected chi connectivity index (χ4v) is 2.52. The van der Waals surface area contributed by atoms with Crippen molar-refractivity contribution in [1.82, 2.24) is 9.88 Å². The van der Waals surface area contributed by atoms with E-state index < -0.39 is 11.5 Å². The molecular weight excluding hydrogens is 336 g/mol. The monoisotopic (exact) mass is 358 g/mol. The Kier molecular flexibility index (Phi) is 5.61. The van der Waals surface area contributed by atoms with E-state index in [2.05, 4.69) is 21.2 Å². The minimum absolute atomic E-state index is 0.00320. The summed E-state index contributed by atoms with van der Waals surface area (Å²) in [6.45, 7) is 9.55. The van der Waals surface area contributed by atoms with E-state index in [4.69, 9.17) is 5.11 Å². The lowest BCUT2D eigenvalue weighted by Gasteiger charge is -2.33. The second-order valence-corrected chi connectivity index (χ2v) is 7.06. The summed E-state index contributed by atoms with van der Waals surface area (Å²) in [5.41, 5.74) is -0.268. The molecule has 1 heterocycles. The third-order valence-corrected chi connectivity index (χ3v) is 4.23. The van der Waals surface area contributed by atoms with Gasteiger partial charge in [0.1, 0.15) is 5.69 Å². The molecule has 0 radical (unpaired) electrons. The molecular formula is C15H23BrN2O3. The van der Waals surface area contributed by atoms with Gasteiger partial charge >= 0.3 is 5.97 Å². The summed E-state index contributed by atoms with van der Waals surface area (Å²) in [7, 11) is 0. The fourth-order valence-electron chi connectivity index (χ4n) is 2.09. The smallest absolute Gasteiger partial charge is 0.305 e. The number of carbonyl (C=O) groups excluding carboxylic acids is 1. The van der Waals surface area contributed by atoms with Crippen molar-refractivity contribution in [3.63, 3.8) is 0 Å². The van der Waals surface area contributed by atoms with Gasteiger partial charge in [-0.2, -0.15) is 0 Å². The molecule has 118 valence electrons. The van der Waals surface area contributed by atoms with Gasteiger partial charge in [0.15, 0.2) is 0 Å². The van der Waals surface area contributed by atoms with Gasteiger partial charge < -0.3 is 15.0 Å². The molecule has 0 bridgehead atoms. The molecule has 0 saturated heterocycles. The van der Waals surface area contributed by atoms with Gasteiger partial charge in [-0.25, -0.2) is 0 Å². The third-order valence-electron chi connectivity index (χ3n) is 3.80. The van der Waals surface area contributed by atoms with E-state index in [1.54, 1.807) is 13.0 Å². The van der Waals surface area contributed by atoms with Gasteiger partial charge in [0.05, 0.1) is 12.0 Å². The van der Waals surface area contributed by atoms with Crippen LogP contribution in [0.15, 0.2) is 16.7 Å². The van der Waals surface area contributed by atoms with Crippen LogP contribution in [-0.4, -0.2) is 27.1 Å². The van der Waals surface area contributed by atoms with Crippen LogP contribution >= 0.6 is 15.9 Å². The maximum atomic E-state index is 12.5. The first kappa shape index (κ1) is 17.8. The Morgan fingerprint density at radius 1 is 1.38 bits per heavy atom. The second-order valence-electron chi connectivity index (χ2n) is 6.14. The molecule has 0 aromatic carbocycles. The molecule has 2 N–H and O–H groups in total. The number of amides is 1. The number of hydrogen-bond acceptors (Lipinski definition) is 2. The molecule has 1 rings (SSSR count). The number of nitrogens with zero attached hydrogens (tertiary/aromatic N) is 1. The molecule has 5 nitrogen and oxygen atoms in total. The zero-order valence-electron chi connectivity index (χ0n) is 13.1. The molecule has 1 unspecified atom stereocenters. The van der Waals surface area contributed by atoms with E-state index in [9.17, 15) is 9.59 Å². The highest BCUT2D eigenvalue weighted by atomic mass is 79.9. The Hall–Kier alpha value is -1.30. The first-order valence-electron chi connectivity index (χ1n) is 6.98. The van der Waals surface area contributed by atoms with Crippen molar-refractivity contribution in [2.24, 2.45) is 5.92 Å². The summed E-state index contributed by atoms with van der Waals surface area (Å²) in [6.07, 6.45) is 1.74. The minimum Gasteiger partial charge on any atom is -0.481 e. The van der Waals surface area contributed by atoms with Crippen molar-refractivity contribution >= 4 is 27.8 Å².